The molecule has 1 atom stereocenters. The average molecular weight is 372 g/mol. The minimum atomic E-state index is -4.27. The van der Waals surface area contributed by atoms with E-state index < -0.39 is 35.3 Å². The van der Waals surface area contributed by atoms with Crippen LogP contribution in [0.1, 0.15) is 25.3 Å². The van der Waals surface area contributed by atoms with Crippen LogP contribution >= 0.6 is 23.2 Å². The molecule has 1 fully saturated rings. The third-order valence-electron chi connectivity index (χ3n) is 4.34. The highest BCUT2D eigenvalue weighted by molar-refractivity contribution is 6.30. The summed E-state index contributed by atoms with van der Waals surface area (Å²) in [7, 11) is 0. The van der Waals surface area contributed by atoms with Crippen LogP contribution in [0.5, 0.6) is 0 Å². The topological polar surface area (TPSA) is 29.1 Å². The van der Waals surface area contributed by atoms with Crippen LogP contribution < -0.4 is 5.32 Å². The van der Waals surface area contributed by atoms with Crippen LogP contribution in [0.3, 0.4) is 0 Å². The van der Waals surface area contributed by atoms with Crippen molar-refractivity contribution in [1.82, 2.24) is 5.32 Å². The number of alkyl halides is 4. The van der Waals surface area contributed by atoms with Crippen LogP contribution in [0.4, 0.5) is 17.6 Å². The Morgan fingerprint density at radius 1 is 1.30 bits per heavy atom. The number of carbonyl (C=O) groups is 1. The van der Waals surface area contributed by atoms with Crippen molar-refractivity contribution in [3.63, 3.8) is 0 Å². The first-order valence-electron chi connectivity index (χ1n) is 6.97. The van der Waals surface area contributed by atoms with E-state index >= 15 is 0 Å². The number of amides is 1. The van der Waals surface area contributed by atoms with E-state index in [1.807, 2.05) is 0 Å². The standard InChI is InChI=1S/C15H15Cl2F4NO/c1-8(23)22-14(7-16,9-2-3-13(18)12(17)6-9)10-4-11(5-10)15(19,20)21/h2-3,6,10-11H,4-5,7H2,1H3,(H,22,23). The van der Waals surface area contributed by atoms with Crippen molar-refractivity contribution in [2.75, 3.05) is 5.88 Å². The summed E-state index contributed by atoms with van der Waals surface area (Å²) in [5.74, 6) is -3.13. The van der Waals surface area contributed by atoms with Gasteiger partial charge in [-0.25, -0.2) is 4.39 Å². The number of hydrogen-bond donors (Lipinski definition) is 1. The first-order chi connectivity index (χ1) is 10.6. The van der Waals surface area contributed by atoms with Gasteiger partial charge in [-0.1, -0.05) is 17.7 Å². The summed E-state index contributed by atoms with van der Waals surface area (Å²) in [4.78, 5) is 11.6. The molecule has 2 nitrogen and oxygen atoms in total. The van der Waals surface area contributed by atoms with Gasteiger partial charge in [0.25, 0.3) is 0 Å². The smallest absolute Gasteiger partial charge is 0.345 e. The molecular weight excluding hydrogens is 357 g/mol. The highest BCUT2D eigenvalue weighted by Gasteiger charge is 2.55. The van der Waals surface area contributed by atoms with Crippen LogP contribution in [-0.2, 0) is 10.3 Å². The number of hydrogen-bond acceptors (Lipinski definition) is 1. The van der Waals surface area contributed by atoms with E-state index in [-0.39, 0.29) is 23.7 Å². The molecule has 8 heteroatoms. The van der Waals surface area contributed by atoms with Crippen molar-refractivity contribution < 1.29 is 22.4 Å². The van der Waals surface area contributed by atoms with Gasteiger partial charge in [0.05, 0.1) is 22.4 Å². The van der Waals surface area contributed by atoms with E-state index in [4.69, 9.17) is 23.2 Å². The van der Waals surface area contributed by atoms with Crippen LogP contribution in [-0.4, -0.2) is 18.0 Å². The first kappa shape index (κ1) is 18.3. The molecule has 1 aliphatic rings. The molecule has 23 heavy (non-hydrogen) atoms. The summed E-state index contributed by atoms with van der Waals surface area (Å²) < 4.78 is 51.6. The molecule has 1 unspecified atom stereocenters. The Bertz CT molecular complexity index is 602. The lowest BCUT2D eigenvalue weighted by Crippen LogP contribution is -2.57. The Balaban J connectivity index is 2.37. The maximum atomic E-state index is 13.4. The highest BCUT2D eigenvalue weighted by Crippen LogP contribution is 2.52. The Kier molecular flexibility index (Phi) is 5.16. The first-order valence-corrected chi connectivity index (χ1v) is 7.88. The molecule has 1 aliphatic carbocycles. The van der Waals surface area contributed by atoms with Crippen molar-refractivity contribution in [2.45, 2.75) is 31.5 Å². The maximum absolute atomic E-state index is 13.4. The molecule has 1 aromatic carbocycles. The van der Waals surface area contributed by atoms with E-state index in [1.54, 1.807) is 0 Å². The second kappa shape index (κ2) is 6.48. The summed E-state index contributed by atoms with van der Waals surface area (Å²) in [6.07, 6.45) is -4.57. The van der Waals surface area contributed by atoms with E-state index in [9.17, 15) is 22.4 Å². The molecule has 0 heterocycles. The maximum Gasteiger partial charge on any atom is 0.391 e. The number of benzene rings is 1. The zero-order chi connectivity index (χ0) is 17.4. The van der Waals surface area contributed by atoms with E-state index in [0.717, 1.165) is 6.07 Å². The van der Waals surface area contributed by atoms with Crippen molar-refractivity contribution >= 4 is 29.1 Å². The summed E-state index contributed by atoms with van der Waals surface area (Å²) >= 11 is 11.8. The van der Waals surface area contributed by atoms with Crippen molar-refractivity contribution in [3.8, 4) is 0 Å². The Labute approximate surface area is 141 Å². The fourth-order valence-corrected chi connectivity index (χ4v) is 3.62. The minimum Gasteiger partial charge on any atom is -0.345 e. The molecule has 0 saturated heterocycles. The van der Waals surface area contributed by atoms with Gasteiger partial charge in [-0.2, -0.15) is 13.2 Å². The molecule has 128 valence electrons. The molecule has 2 rings (SSSR count). The van der Waals surface area contributed by atoms with Gasteiger partial charge >= 0.3 is 6.18 Å². The lowest BCUT2D eigenvalue weighted by atomic mass is 9.63. The van der Waals surface area contributed by atoms with Gasteiger partial charge < -0.3 is 5.32 Å². The number of nitrogens with one attached hydrogen (secondary N) is 1. The monoisotopic (exact) mass is 371 g/mol. The van der Waals surface area contributed by atoms with Gasteiger partial charge in [0.2, 0.25) is 5.91 Å². The van der Waals surface area contributed by atoms with Gasteiger partial charge in [-0.15, -0.1) is 11.6 Å². The van der Waals surface area contributed by atoms with Gasteiger partial charge in [0, 0.05) is 6.92 Å². The Morgan fingerprint density at radius 2 is 1.91 bits per heavy atom. The second-order valence-electron chi connectivity index (χ2n) is 5.82. The normalized spacial score (nSPS) is 23.8. The van der Waals surface area contributed by atoms with Crippen LogP contribution in [0.25, 0.3) is 0 Å². The number of rotatable bonds is 4. The van der Waals surface area contributed by atoms with E-state index in [0.29, 0.717) is 5.56 Å². The quantitative estimate of drug-likeness (QED) is 0.606. The predicted octanol–water partition coefficient (Wildman–Crippen LogP) is 4.64. The molecule has 1 N–H and O–H groups in total. The molecule has 0 spiro atoms. The molecule has 1 amide bonds. The Morgan fingerprint density at radius 3 is 2.35 bits per heavy atom. The summed E-state index contributed by atoms with van der Waals surface area (Å²) in [5, 5.41) is 2.49. The molecule has 1 aromatic rings. The van der Waals surface area contributed by atoms with E-state index in [1.165, 1.54) is 19.1 Å². The summed E-state index contributed by atoms with van der Waals surface area (Å²) in [6, 6.07) is 3.80. The van der Waals surface area contributed by atoms with Crippen LogP contribution in [0.2, 0.25) is 5.02 Å². The third-order valence-corrected chi connectivity index (χ3v) is 5.05. The second-order valence-corrected chi connectivity index (χ2v) is 6.50. The molecular formula is C15H15Cl2F4NO. The summed E-state index contributed by atoms with van der Waals surface area (Å²) in [5.41, 5.74) is -0.799. The number of carbonyl (C=O) groups excluding carboxylic acids is 1. The summed E-state index contributed by atoms with van der Waals surface area (Å²) in [6.45, 7) is 1.26. The van der Waals surface area contributed by atoms with Gasteiger partial charge in [-0.3, -0.25) is 4.79 Å². The number of halogens is 6. The van der Waals surface area contributed by atoms with Crippen molar-refractivity contribution in [1.29, 1.82) is 0 Å². The lowest BCUT2D eigenvalue weighted by Gasteiger charge is -2.49. The minimum absolute atomic E-state index is 0.135. The van der Waals surface area contributed by atoms with Gasteiger partial charge in [0.1, 0.15) is 5.82 Å². The SMILES string of the molecule is CC(=O)NC(CCl)(c1ccc(F)c(Cl)c1)C1CC(C(F)(F)F)C1. The largest absolute Gasteiger partial charge is 0.391 e. The van der Waals surface area contributed by atoms with Crippen molar-refractivity contribution in [2.24, 2.45) is 11.8 Å². The van der Waals surface area contributed by atoms with Crippen LogP contribution in [0, 0.1) is 17.7 Å². The predicted molar refractivity (Wildman–Crippen MR) is 79.9 cm³/mol. The van der Waals surface area contributed by atoms with Crippen molar-refractivity contribution in [3.05, 3.63) is 34.6 Å². The zero-order valence-corrected chi connectivity index (χ0v) is 13.7. The van der Waals surface area contributed by atoms with Crippen LogP contribution in [0.15, 0.2) is 18.2 Å². The molecule has 0 aliphatic heterocycles. The third kappa shape index (κ3) is 3.58. The zero-order valence-electron chi connectivity index (χ0n) is 12.2. The highest BCUT2D eigenvalue weighted by atomic mass is 35.5. The molecule has 0 radical (unpaired) electrons. The molecule has 0 bridgehead atoms. The fourth-order valence-electron chi connectivity index (χ4n) is 3.00. The fraction of sp³-hybridized carbons (Fsp3) is 0.533. The van der Waals surface area contributed by atoms with Gasteiger partial charge in [-0.05, 0) is 36.5 Å². The average Bonchev–Trinajstić information content (AvgIpc) is 2.36. The van der Waals surface area contributed by atoms with E-state index in [2.05, 4.69) is 5.32 Å². The molecule has 0 aromatic heterocycles. The molecule has 1 saturated carbocycles. The van der Waals surface area contributed by atoms with Gasteiger partial charge in [0.15, 0.2) is 0 Å². The lowest BCUT2D eigenvalue weighted by molar-refractivity contribution is -0.211. The Hall–Kier alpha value is -1.01.